The van der Waals surface area contributed by atoms with Crippen molar-refractivity contribution in [3.8, 4) is 0 Å². The fourth-order valence-corrected chi connectivity index (χ4v) is 3.82. The van der Waals surface area contributed by atoms with Gasteiger partial charge < -0.3 is 15.0 Å². The second-order valence-electron chi connectivity index (χ2n) is 7.26. The molecule has 0 atom stereocenters. The van der Waals surface area contributed by atoms with Crippen molar-refractivity contribution in [1.82, 2.24) is 14.9 Å². The van der Waals surface area contributed by atoms with Crippen molar-refractivity contribution in [2.24, 2.45) is 0 Å². The number of carbonyl (C=O) groups excluding carboxylic acids is 1. The molecule has 2 aliphatic heterocycles. The van der Waals surface area contributed by atoms with Crippen molar-refractivity contribution in [2.45, 2.75) is 19.8 Å². The molecule has 0 aliphatic carbocycles. The lowest BCUT2D eigenvalue weighted by Crippen LogP contribution is -2.39. The second kappa shape index (κ2) is 8.67. The number of anilines is 2. The minimum Gasteiger partial charge on any atom is -0.379 e. The molecule has 28 heavy (non-hydrogen) atoms. The molecule has 4 rings (SSSR count). The third-order valence-corrected chi connectivity index (χ3v) is 5.25. The number of ether oxygens (including phenoxy) is 1. The maximum absolute atomic E-state index is 13.2. The van der Waals surface area contributed by atoms with Gasteiger partial charge in [0.05, 0.1) is 13.2 Å². The fraction of sp³-hybridized carbons (Fsp3) is 0.476. The molecule has 7 nitrogen and oxygen atoms in total. The number of hydrogen-bond acceptors (Lipinski definition) is 6. The summed E-state index contributed by atoms with van der Waals surface area (Å²) in [6.45, 7) is 7.76. The summed E-state index contributed by atoms with van der Waals surface area (Å²) in [5, 5.41) is 3.35. The lowest BCUT2D eigenvalue weighted by molar-refractivity contribution is 0.0398. The molecule has 1 aromatic carbocycles. The third-order valence-electron chi connectivity index (χ3n) is 5.25. The van der Waals surface area contributed by atoms with Crippen LogP contribution in [0.15, 0.2) is 30.3 Å². The number of aromatic nitrogens is 2. The van der Waals surface area contributed by atoms with E-state index in [9.17, 15) is 4.79 Å². The summed E-state index contributed by atoms with van der Waals surface area (Å²) in [4.78, 5) is 26.2. The number of rotatable bonds is 5. The zero-order valence-electron chi connectivity index (χ0n) is 16.4. The Kier molecular flexibility index (Phi) is 5.83. The molecule has 0 radical (unpaired) electrons. The number of nitrogens with one attached hydrogen (secondary N) is 1. The molecular weight excluding hydrogens is 354 g/mol. The highest BCUT2D eigenvalue weighted by molar-refractivity contribution is 6.05. The van der Waals surface area contributed by atoms with Crippen molar-refractivity contribution < 1.29 is 9.53 Å². The van der Waals surface area contributed by atoms with E-state index in [2.05, 4.69) is 26.3 Å². The van der Waals surface area contributed by atoms with E-state index in [1.54, 1.807) is 6.07 Å². The average molecular weight is 381 g/mol. The summed E-state index contributed by atoms with van der Waals surface area (Å²) in [7, 11) is 0. The van der Waals surface area contributed by atoms with Crippen molar-refractivity contribution in [1.29, 1.82) is 0 Å². The Morgan fingerprint density at radius 3 is 2.86 bits per heavy atom. The summed E-state index contributed by atoms with van der Waals surface area (Å²) in [5.74, 6) is 1.24. The number of aryl methyl sites for hydroxylation is 2. The minimum absolute atomic E-state index is 0.0612. The number of benzene rings is 1. The van der Waals surface area contributed by atoms with E-state index in [1.807, 2.05) is 30.0 Å². The molecule has 3 heterocycles. The van der Waals surface area contributed by atoms with Gasteiger partial charge in [0.15, 0.2) is 0 Å². The number of para-hydroxylation sites is 1. The first-order valence-electron chi connectivity index (χ1n) is 10.00. The first-order valence-corrected chi connectivity index (χ1v) is 10.00. The van der Waals surface area contributed by atoms with E-state index >= 15 is 0 Å². The molecule has 1 fully saturated rings. The van der Waals surface area contributed by atoms with E-state index in [1.165, 1.54) is 5.56 Å². The minimum atomic E-state index is -0.0612. The van der Waals surface area contributed by atoms with Crippen molar-refractivity contribution in [2.75, 3.05) is 56.2 Å². The van der Waals surface area contributed by atoms with Gasteiger partial charge in [0.25, 0.3) is 5.91 Å². The fourth-order valence-electron chi connectivity index (χ4n) is 3.82. The van der Waals surface area contributed by atoms with Crippen LogP contribution in [0.5, 0.6) is 0 Å². The predicted octanol–water partition coefficient (Wildman–Crippen LogP) is 2.12. The smallest absolute Gasteiger partial charge is 0.277 e. The van der Waals surface area contributed by atoms with Crippen LogP contribution < -0.4 is 10.2 Å². The Hall–Kier alpha value is -2.51. The number of nitrogens with zero attached hydrogens (tertiary/aromatic N) is 4. The molecule has 1 saturated heterocycles. The summed E-state index contributed by atoms with van der Waals surface area (Å²) < 4.78 is 5.38. The summed E-state index contributed by atoms with van der Waals surface area (Å²) >= 11 is 0. The van der Waals surface area contributed by atoms with Gasteiger partial charge in [-0.2, -0.15) is 0 Å². The van der Waals surface area contributed by atoms with E-state index in [0.717, 1.165) is 64.5 Å². The normalized spacial score (nSPS) is 17.2. The molecular formula is C21H27N5O2. The van der Waals surface area contributed by atoms with E-state index < -0.39 is 0 Å². The van der Waals surface area contributed by atoms with Gasteiger partial charge in [0.2, 0.25) is 0 Å². The predicted molar refractivity (Wildman–Crippen MR) is 109 cm³/mol. The van der Waals surface area contributed by atoms with E-state index in [-0.39, 0.29) is 5.91 Å². The highest BCUT2D eigenvalue weighted by Crippen LogP contribution is 2.28. The first-order chi connectivity index (χ1) is 13.7. The maximum atomic E-state index is 13.2. The lowest BCUT2D eigenvalue weighted by atomic mass is 10.0. The van der Waals surface area contributed by atoms with Gasteiger partial charge in [-0.05, 0) is 31.4 Å². The Bertz CT molecular complexity index is 835. The van der Waals surface area contributed by atoms with Crippen molar-refractivity contribution >= 4 is 17.4 Å². The molecule has 0 spiro atoms. The Morgan fingerprint density at radius 2 is 2.00 bits per heavy atom. The molecule has 0 saturated carbocycles. The SMILES string of the molecule is Cc1nc(NCCN2CCOCC2)cc(C(=O)N2CCCc3ccccc32)n1. The highest BCUT2D eigenvalue weighted by Gasteiger charge is 2.24. The molecule has 2 aliphatic rings. The molecule has 0 bridgehead atoms. The number of hydrogen-bond donors (Lipinski definition) is 1. The number of amides is 1. The Morgan fingerprint density at radius 1 is 1.18 bits per heavy atom. The molecule has 1 amide bonds. The van der Waals surface area contributed by atoms with Gasteiger partial charge in [-0.25, -0.2) is 9.97 Å². The summed E-state index contributed by atoms with van der Waals surface area (Å²) in [6.07, 6.45) is 1.98. The Labute approximate surface area is 165 Å². The third kappa shape index (κ3) is 4.31. The van der Waals surface area contributed by atoms with Gasteiger partial charge in [0.1, 0.15) is 17.3 Å². The topological polar surface area (TPSA) is 70.6 Å². The zero-order chi connectivity index (χ0) is 19.3. The van der Waals surface area contributed by atoms with Crippen LogP contribution in [0.25, 0.3) is 0 Å². The molecule has 0 unspecified atom stereocenters. The molecule has 1 N–H and O–H groups in total. The average Bonchev–Trinajstić information content (AvgIpc) is 2.73. The molecule has 1 aromatic heterocycles. The monoisotopic (exact) mass is 381 g/mol. The van der Waals surface area contributed by atoms with Crippen LogP contribution in [0.2, 0.25) is 0 Å². The van der Waals surface area contributed by atoms with Crippen LogP contribution in [0, 0.1) is 6.92 Å². The number of carbonyl (C=O) groups is 1. The number of fused-ring (bicyclic) bond motifs is 1. The summed E-state index contributed by atoms with van der Waals surface area (Å²) in [5.41, 5.74) is 2.66. The largest absolute Gasteiger partial charge is 0.379 e. The van der Waals surface area contributed by atoms with Crippen LogP contribution in [0.4, 0.5) is 11.5 Å². The van der Waals surface area contributed by atoms with E-state index in [0.29, 0.717) is 17.3 Å². The maximum Gasteiger partial charge on any atom is 0.277 e. The first kappa shape index (κ1) is 18.8. The standard InChI is InChI=1S/C21H27N5O2/c1-16-23-18(15-20(24-16)22-8-10-25-11-13-28-14-12-25)21(27)26-9-4-6-17-5-2-3-7-19(17)26/h2-3,5,7,15H,4,6,8-14H2,1H3,(H,22,23,24). The summed E-state index contributed by atoms with van der Waals surface area (Å²) in [6, 6.07) is 9.89. The molecule has 2 aromatic rings. The zero-order valence-corrected chi connectivity index (χ0v) is 16.4. The molecule has 148 valence electrons. The van der Waals surface area contributed by atoms with Crippen LogP contribution in [-0.2, 0) is 11.2 Å². The van der Waals surface area contributed by atoms with Crippen molar-refractivity contribution in [3.63, 3.8) is 0 Å². The lowest BCUT2D eigenvalue weighted by Gasteiger charge is -2.29. The van der Waals surface area contributed by atoms with Gasteiger partial charge in [0, 0.05) is 44.5 Å². The number of morpholine rings is 1. The van der Waals surface area contributed by atoms with Gasteiger partial charge in [-0.1, -0.05) is 18.2 Å². The quantitative estimate of drug-likeness (QED) is 0.856. The van der Waals surface area contributed by atoms with E-state index in [4.69, 9.17) is 4.74 Å². The highest BCUT2D eigenvalue weighted by atomic mass is 16.5. The van der Waals surface area contributed by atoms with Gasteiger partial charge in [-0.3, -0.25) is 9.69 Å². The van der Waals surface area contributed by atoms with Crippen LogP contribution in [0.3, 0.4) is 0 Å². The van der Waals surface area contributed by atoms with Gasteiger partial charge >= 0.3 is 0 Å². The second-order valence-corrected chi connectivity index (χ2v) is 7.26. The van der Waals surface area contributed by atoms with Crippen LogP contribution in [0.1, 0.15) is 28.3 Å². The molecule has 7 heteroatoms. The van der Waals surface area contributed by atoms with Gasteiger partial charge in [-0.15, -0.1) is 0 Å². The Balaban J connectivity index is 1.45. The van der Waals surface area contributed by atoms with Crippen molar-refractivity contribution in [3.05, 3.63) is 47.4 Å². The van der Waals surface area contributed by atoms with Crippen LogP contribution >= 0.6 is 0 Å². The van der Waals surface area contributed by atoms with Crippen LogP contribution in [-0.4, -0.2) is 66.7 Å².